The van der Waals surface area contributed by atoms with Crippen LogP contribution < -0.4 is 16.2 Å². The molecule has 3 N–H and O–H groups in total. The second-order valence-corrected chi connectivity index (χ2v) is 10.2. The Morgan fingerprint density at radius 1 is 1.00 bits per heavy atom. The number of rotatable bonds is 11. The van der Waals surface area contributed by atoms with E-state index in [1.807, 2.05) is 54.9 Å². The molecule has 13 nitrogen and oxygen atoms in total. The Balaban J connectivity index is 1.39. The van der Waals surface area contributed by atoms with E-state index in [0.717, 1.165) is 5.56 Å². The highest BCUT2D eigenvalue weighted by Crippen LogP contribution is 2.31. The topological polar surface area (TPSA) is 162 Å². The molecule has 0 aliphatic carbocycles. The molecule has 0 aliphatic rings. The maximum absolute atomic E-state index is 13.0. The summed E-state index contributed by atoms with van der Waals surface area (Å²) < 4.78 is 9.42. The van der Waals surface area contributed by atoms with Crippen LogP contribution in [-0.4, -0.2) is 51.2 Å². The molecule has 222 valence electrons. The van der Waals surface area contributed by atoms with Gasteiger partial charge in [0.2, 0.25) is 5.95 Å². The van der Waals surface area contributed by atoms with Gasteiger partial charge in [0.15, 0.2) is 5.65 Å². The van der Waals surface area contributed by atoms with Crippen LogP contribution >= 0.6 is 0 Å². The van der Waals surface area contributed by atoms with Crippen molar-refractivity contribution in [1.82, 2.24) is 39.5 Å². The van der Waals surface area contributed by atoms with Gasteiger partial charge in [-0.25, -0.2) is 14.6 Å². The van der Waals surface area contributed by atoms with Crippen molar-refractivity contribution in [1.29, 1.82) is 0 Å². The molecule has 0 radical (unpaired) electrons. The van der Waals surface area contributed by atoms with Gasteiger partial charge in [-0.2, -0.15) is 4.98 Å². The Bertz CT molecular complexity index is 1970. The van der Waals surface area contributed by atoms with Gasteiger partial charge in [0.1, 0.15) is 17.3 Å². The first-order valence-corrected chi connectivity index (χ1v) is 14.0. The summed E-state index contributed by atoms with van der Waals surface area (Å²) in [6.07, 6.45) is 4.87. The molecule has 0 unspecified atom stereocenters. The molecular formula is C31H30N10O3. The van der Waals surface area contributed by atoms with Crippen LogP contribution in [0.25, 0.3) is 34.1 Å². The zero-order valence-electron chi connectivity index (χ0n) is 24.1. The number of pyridine rings is 2. The SMILES string of the molecule is C=CCn1c(=O)c2ccc(Nc3ncc(-c4nnc(-c5ccccn5)o4)c(N[C@H](CO)c4ccccc4)n3)nc2n1C(C)C. The molecular weight excluding hydrogens is 560 g/mol. The average molecular weight is 591 g/mol. The third-order valence-corrected chi connectivity index (χ3v) is 6.87. The Kier molecular flexibility index (Phi) is 7.93. The molecule has 1 aromatic carbocycles. The second-order valence-electron chi connectivity index (χ2n) is 10.2. The fourth-order valence-corrected chi connectivity index (χ4v) is 4.86. The van der Waals surface area contributed by atoms with Crippen molar-refractivity contribution in [3.8, 4) is 23.0 Å². The molecule has 13 heteroatoms. The number of nitrogens with zero attached hydrogens (tertiary/aromatic N) is 8. The van der Waals surface area contributed by atoms with Gasteiger partial charge in [0, 0.05) is 18.4 Å². The van der Waals surface area contributed by atoms with Gasteiger partial charge in [-0.05, 0) is 43.7 Å². The van der Waals surface area contributed by atoms with Crippen LogP contribution in [0.1, 0.15) is 31.5 Å². The number of allylic oxidation sites excluding steroid dienone is 1. The van der Waals surface area contributed by atoms with E-state index in [2.05, 4.69) is 37.4 Å². The number of hydrogen-bond donors (Lipinski definition) is 3. The Labute approximate surface area is 252 Å². The number of aromatic nitrogens is 8. The highest BCUT2D eigenvalue weighted by molar-refractivity contribution is 5.78. The summed E-state index contributed by atoms with van der Waals surface area (Å²) in [6.45, 7) is 7.91. The van der Waals surface area contributed by atoms with Gasteiger partial charge < -0.3 is 20.2 Å². The fraction of sp³-hybridized carbons (Fsp3) is 0.194. The van der Waals surface area contributed by atoms with E-state index >= 15 is 0 Å². The van der Waals surface area contributed by atoms with Crippen molar-refractivity contribution < 1.29 is 9.52 Å². The molecule has 5 heterocycles. The lowest BCUT2D eigenvalue weighted by molar-refractivity contribution is 0.276. The van der Waals surface area contributed by atoms with E-state index in [1.54, 1.807) is 47.4 Å². The van der Waals surface area contributed by atoms with E-state index < -0.39 is 6.04 Å². The molecule has 0 spiro atoms. The lowest BCUT2D eigenvalue weighted by atomic mass is 10.1. The van der Waals surface area contributed by atoms with Gasteiger partial charge >= 0.3 is 0 Å². The summed E-state index contributed by atoms with van der Waals surface area (Å²) in [7, 11) is 0. The van der Waals surface area contributed by atoms with Crippen LogP contribution in [0.3, 0.4) is 0 Å². The molecule has 0 fully saturated rings. The van der Waals surface area contributed by atoms with Crippen molar-refractivity contribution in [3.05, 3.63) is 102 Å². The summed E-state index contributed by atoms with van der Waals surface area (Å²) >= 11 is 0. The lowest BCUT2D eigenvalue weighted by Gasteiger charge is -2.19. The number of nitrogens with one attached hydrogen (secondary N) is 2. The van der Waals surface area contributed by atoms with Crippen molar-refractivity contribution in [2.45, 2.75) is 32.5 Å². The van der Waals surface area contributed by atoms with Crippen LogP contribution in [0, 0.1) is 0 Å². The van der Waals surface area contributed by atoms with Crippen LogP contribution in [0.2, 0.25) is 0 Å². The molecule has 0 saturated heterocycles. The molecule has 6 aromatic rings. The van der Waals surface area contributed by atoms with Gasteiger partial charge in [0.05, 0.1) is 30.1 Å². The minimum atomic E-state index is -0.490. The van der Waals surface area contributed by atoms with Gasteiger partial charge in [0.25, 0.3) is 17.3 Å². The molecule has 5 aromatic heterocycles. The number of aliphatic hydroxyl groups is 1. The molecule has 44 heavy (non-hydrogen) atoms. The third kappa shape index (κ3) is 5.55. The van der Waals surface area contributed by atoms with Crippen LogP contribution in [0.4, 0.5) is 17.6 Å². The highest BCUT2D eigenvalue weighted by Gasteiger charge is 2.21. The minimum absolute atomic E-state index is 0.0204. The fourth-order valence-electron chi connectivity index (χ4n) is 4.86. The average Bonchev–Trinajstić information content (AvgIpc) is 3.64. The molecule has 1 atom stereocenters. The summed E-state index contributed by atoms with van der Waals surface area (Å²) in [4.78, 5) is 31.2. The van der Waals surface area contributed by atoms with E-state index in [9.17, 15) is 9.90 Å². The zero-order valence-corrected chi connectivity index (χ0v) is 24.1. The number of hydrogen-bond acceptors (Lipinski definition) is 11. The van der Waals surface area contributed by atoms with Gasteiger partial charge in [-0.1, -0.05) is 42.5 Å². The van der Waals surface area contributed by atoms with Crippen LogP contribution in [0.15, 0.2) is 94.9 Å². The maximum atomic E-state index is 13.0. The van der Waals surface area contributed by atoms with E-state index in [-0.39, 0.29) is 35.9 Å². The van der Waals surface area contributed by atoms with Crippen molar-refractivity contribution in [3.63, 3.8) is 0 Å². The Morgan fingerprint density at radius 3 is 2.52 bits per heavy atom. The highest BCUT2D eigenvalue weighted by atomic mass is 16.4. The normalized spacial score (nSPS) is 12.0. The molecule has 6 rings (SSSR count). The monoisotopic (exact) mass is 590 g/mol. The van der Waals surface area contributed by atoms with Gasteiger partial charge in [-0.15, -0.1) is 16.8 Å². The molecule has 0 amide bonds. The largest absolute Gasteiger partial charge is 0.414 e. The maximum Gasteiger partial charge on any atom is 0.276 e. The summed E-state index contributed by atoms with van der Waals surface area (Å²) in [6, 6.07) is 17.8. The first kappa shape index (κ1) is 28.4. The first-order valence-electron chi connectivity index (χ1n) is 14.0. The Hall–Kier alpha value is -5.69. The predicted molar refractivity (Wildman–Crippen MR) is 166 cm³/mol. The van der Waals surface area contributed by atoms with E-state index in [0.29, 0.717) is 40.5 Å². The van der Waals surface area contributed by atoms with Crippen molar-refractivity contribution in [2.24, 2.45) is 0 Å². The first-order chi connectivity index (χ1) is 21.5. The van der Waals surface area contributed by atoms with E-state index in [1.165, 1.54) is 0 Å². The zero-order chi connectivity index (χ0) is 30.6. The summed E-state index contributed by atoms with van der Waals surface area (Å²) in [5.41, 5.74) is 2.21. The smallest absolute Gasteiger partial charge is 0.276 e. The minimum Gasteiger partial charge on any atom is -0.414 e. The van der Waals surface area contributed by atoms with Crippen molar-refractivity contribution >= 4 is 28.6 Å². The molecule has 0 saturated carbocycles. The standard InChI is InChI=1S/C31H30N10O3/c1-4-16-40-30(43)21-13-14-25(35-27(21)41(40)19(2)3)36-31-33-17-22(28-38-39-29(44-28)23-12-8-9-15-32-23)26(37-31)34-24(18-42)20-10-6-5-7-11-20/h4-15,17,19,24,42H,1,16,18H2,2-3H3,(H2,33,34,35,36,37)/t24-/m1/s1. The quantitative estimate of drug-likeness (QED) is 0.178. The van der Waals surface area contributed by atoms with E-state index in [4.69, 9.17) is 14.4 Å². The predicted octanol–water partition coefficient (Wildman–Crippen LogP) is 4.76. The number of anilines is 3. The second kappa shape index (κ2) is 12.3. The number of aliphatic hydroxyl groups excluding tert-OH is 1. The van der Waals surface area contributed by atoms with Crippen molar-refractivity contribution in [2.75, 3.05) is 17.2 Å². The third-order valence-electron chi connectivity index (χ3n) is 6.87. The van der Waals surface area contributed by atoms with Gasteiger partial charge in [-0.3, -0.25) is 14.5 Å². The van der Waals surface area contributed by atoms with Crippen LogP contribution in [-0.2, 0) is 6.54 Å². The number of benzene rings is 1. The van der Waals surface area contributed by atoms with Crippen LogP contribution in [0.5, 0.6) is 0 Å². The lowest BCUT2D eigenvalue weighted by Crippen LogP contribution is -2.23. The Morgan fingerprint density at radius 2 is 1.80 bits per heavy atom. The summed E-state index contributed by atoms with van der Waals surface area (Å²) in [5, 5.41) is 25.6. The summed E-state index contributed by atoms with van der Waals surface area (Å²) in [5.74, 6) is 1.43. The molecule has 0 bridgehead atoms. The number of fused-ring (bicyclic) bond motifs is 1. The molecule has 0 aliphatic heterocycles.